The van der Waals surface area contributed by atoms with Gasteiger partial charge in [-0.25, -0.2) is 4.79 Å². The fourth-order valence-corrected chi connectivity index (χ4v) is 4.12. The molecule has 1 aliphatic heterocycles. The largest absolute Gasteiger partial charge is 0.506 e. The molecule has 0 bridgehead atoms. The summed E-state index contributed by atoms with van der Waals surface area (Å²) in [6, 6.07) is 1.30. The fraction of sp³-hybridized carbons (Fsp3) is 0.350. The number of rotatable bonds is 6. The quantitative estimate of drug-likeness (QED) is 0.482. The molecule has 1 aliphatic rings. The predicted molar refractivity (Wildman–Crippen MR) is 110 cm³/mol. The standard InChI is InChI=1S/C20H19Cl3O6/c1-4-6-8-14(21)9(24)7-11(27-3)18(8)29-19-13-12(10(5-2)28-20(13)26)15(22)17(25)16(19)23/h7,10,24-25H,4-6H2,1-3H3/t10-/m1/s1. The lowest BCUT2D eigenvalue weighted by molar-refractivity contribution is 0.0377. The molecule has 29 heavy (non-hydrogen) atoms. The Kier molecular flexibility index (Phi) is 6.27. The van der Waals surface area contributed by atoms with Crippen LogP contribution in [-0.4, -0.2) is 23.3 Å². The second-order valence-electron chi connectivity index (χ2n) is 6.47. The van der Waals surface area contributed by atoms with Crippen LogP contribution in [0.3, 0.4) is 0 Å². The molecule has 0 aliphatic carbocycles. The first-order chi connectivity index (χ1) is 13.8. The third-order valence-electron chi connectivity index (χ3n) is 4.67. The van der Waals surface area contributed by atoms with Crippen molar-refractivity contribution in [2.45, 2.75) is 39.2 Å². The maximum Gasteiger partial charge on any atom is 0.343 e. The van der Waals surface area contributed by atoms with Crippen molar-refractivity contribution in [1.82, 2.24) is 0 Å². The summed E-state index contributed by atoms with van der Waals surface area (Å²) in [5, 5.41) is 20.3. The van der Waals surface area contributed by atoms with E-state index >= 15 is 0 Å². The Balaban J connectivity index is 2.28. The smallest absolute Gasteiger partial charge is 0.343 e. The Morgan fingerprint density at radius 3 is 2.38 bits per heavy atom. The van der Waals surface area contributed by atoms with Crippen molar-refractivity contribution in [2.24, 2.45) is 0 Å². The number of fused-ring (bicyclic) bond motifs is 1. The number of methoxy groups -OCH3 is 1. The number of hydrogen-bond acceptors (Lipinski definition) is 6. The van der Waals surface area contributed by atoms with Crippen LogP contribution in [0.1, 0.15) is 54.3 Å². The molecule has 2 aromatic rings. The van der Waals surface area contributed by atoms with Crippen molar-refractivity contribution < 1.29 is 29.2 Å². The molecular formula is C20H19Cl3O6. The van der Waals surface area contributed by atoms with E-state index in [-0.39, 0.29) is 43.6 Å². The van der Waals surface area contributed by atoms with Gasteiger partial charge in [0.05, 0.1) is 17.2 Å². The predicted octanol–water partition coefficient (Wildman–Crippen LogP) is 6.43. The van der Waals surface area contributed by atoms with Crippen molar-refractivity contribution >= 4 is 40.8 Å². The van der Waals surface area contributed by atoms with E-state index in [9.17, 15) is 15.0 Å². The van der Waals surface area contributed by atoms with Crippen LogP contribution in [0.25, 0.3) is 0 Å². The Morgan fingerprint density at radius 1 is 1.10 bits per heavy atom. The van der Waals surface area contributed by atoms with E-state index < -0.39 is 17.8 Å². The molecule has 0 unspecified atom stereocenters. The van der Waals surface area contributed by atoms with Crippen LogP contribution in [0, 0.1) is 0 Å². The summed E-state index contributed by atoms with van der Waals surface area (Å²) in [7, 11) is 1.40. The molecule has 0 aromatic heterocycles. The zero-order valence-electron chi connectivity index (χ0n) is 15.9. The average Bonchev–Trinajstić information content (AvgIpc) is 3.04. The number of aromatic hydroxyl groups is 2. The molecule has 6 nitrogen and oxygen atoms in total. The first-order valence-corrected chi connectivity index (χ1v) is 10.1. The third-order valence-corrected chi connectivity index (χ3v) is 5.83. The summed E-state index contributed by atoms with van der Waals surface area (Å²) >= 11 is 18.8. The van der Waals surface area contributed by atoms with Gasteiger partial charge >= 0.3 is 5.97 Å². The van der Waals surface area contributed by atoms with Crippen LogP contribution in [0.2, 0.25) is 15.1 Å². The second-order valence-corrected chi connectivity index (χ2v) is 7.60. The average molecular weight is 462 g/mol. The Bertz CT molecular complexity index is 989. The SMILES string of the molecule is CCCc1c(Cl)c(O)cc(OC)c1Oc1c(Cl)c(O)c(Cl)c2c1C(=O)O[C@@H]2CC. The first-order valence-electron chi connectivity index (χ1n) is 8.97. The van der Waals surface area contributed by atoms with Gasteiger partial charge in [0.15, 0.2) is 23.0 Å². The van der Waals surface area contributed by atoms with Crippen LogP contribution in [0.15, 0.2) is 6.07 Å². The summed E-state index contributed by atoms with van der Waals surface area (Å²) in [6.07, 6.45) is 0.977. The van der Waals surface area contributed by atoms with E-state index in [0.29, 0.717) is 30.4 Å². The molecule has 2 aromatic carbocycles. The summed E-state index contributed by atoms with van der Waals surface area (Å²) in [6.45, 7) is 3.75. The number of cyclic esters (lactones) is 1. The molecule has 1 atom stereocenters. The molecule has 0 amide bonds. The Morgan fingerprint density at radius 2 is 1.79 bits per heavy atom. The zero-order valence-corrected chi connectivity index (χ0v) is 18.2. The van der Waals surface area contributed by atoms with Crippen molar-refractivity contribution in [2.75, 3.05) is 7.11 Å². The lowest BCUT2D eigenvalue weighted by Crippen LogP contribution is -2.03. The number of hydrogen-bond donors (Lipinski definition) is 2. The number of ether oxygens (including phenoxy) is 3. The molecule has 0 saturated heterocycles. The fourth-order valence-electron chi connectivity index (χ4n) is 3.30. The van der Waals surface area contributed by atoms with E-state index in [2.05, 4.69) is 0 Å². The van der Waals surface area contributed by atoms with E-state index in [0.717, 1.165) is 0 Å². The molecule has 0 spiro atoms. The summed E-state index contributed by atoms with van der Waals surface area (Å²) in [5.74, 6) is -0.989. The second kappa shape index (κ2) is 8.38. The Labute approximate surface area is 182 Å². The maximum atomic E-state index is 12.5. The first kappa shape index (κ1) is 21.7. The van der Waals surface area contributed by atoms with Gasteiger partial charge in [-0.1, -0.05) is 55.1 Å². The number of phenolic OH excluding ortho intramolecular Hbond substituents is 2. The van der Waals surface area contributed by atoms with Crippen molar-refractivity contribution in [1.29, 1.82) is 0 Å². The maximum absolute atomic E-state index is 12.5. The van der Waals surface area contributed by atoms with Gasteiger partial charge in [-0.05, 0) is 12.8 Å². The van der Waals surface area contributed by atoms with Gasteiger partial charge in [-0.3, -0.25) is 0 Å². The Hall–Kier alpha value is -2.02. The number of carbonyl (C=O) groups excluding carboxylic acids is 1. The highest BCUT2D eigenvalue weighted by Gasteiger charge is 2.39. The van der Waals surface area contributed by atoms with Gasteiger partial charge in [0.2, 0.25) is 0 Å². The third kappa shape index (κ3) is 3.54. The highest BCUT2D eigenvalue weighted by molar-refractivity contribution is 6.39. The van der Waals surface area contributed by atoms with Crippen molar-refractivity contribution in [3.63, 3.8) is 0 Å². The molecule has 0 fully saturated rings. The van der Waals surface area contributed by atoms with Gasteiger partial charge in [0.1, 0.15) is 22.4 Å². The van der Waals surface area contributed by atoms with Gasteiger partial charge in [-0.15, -0.1) is 0 Å². The summed E-state index contributed by atoms with van der Waals surface area (Å²) in [4.78, 5) is 12.5. The number of esters is 1. The minimum absolute atomic E-state index is 0.0401. The monoisotopic (exact) mass is 460 g/mol. The van der Waals surface area contributed by atoms with Crippen LogP contribution in [0.4, 0.5) is 0 Å². The topological polar surface area (TPSA) is 85.2 Å². The lowest BCUT2D eigenvalue weighted by atomic mass is 10.0. The molecule has 1 heterocycles. The normalized spacial score (nSPS) is 15.2. The van der Waals surface area contributed by atoms with Gasteiger partial charge in [0, 0.05) is 17.2 Å². The van der Waals surface area contributed by atoms with Crippen LogP contribution < -0.4 is 9.47 Å². The number of phenols is 2. The molecule has 0 radical (unpaired) electrons. The molecule has 9 heteroatoms. The molecule has 3 rings (SSSR count). The van der Waals surface area contributed by atoms with Gasteiger partial charge in [0.25, 0.3) is 0 Å². The molecular weight excluding hydrogens is 443 g/mol. The van der Waals surface area contributed by atoms with E-state index in [1.807, 2.05) is 13.8 Å². The van der Waals surface area contributed by atoms with E-state index in [1.54, 1.807) is 0 Å². The summed E-state index contributed by atoms with van der Waals surface area (Å²) in [5.41, 5.74) is 0.832. The van der Waals surface area contributed by atoms with Crippen LogP contribution >= 0.6 is 34.8 Å². The molecule has 0 saturated carbocycles. The van der Waals surface area contributed by atoms with E-state index in [1.165, 1.54) is 13.2 Å². The van der Waals surface area contributed by atoms with Crippen LogP contribution in [-0.2, 0) is 11.2 Å². The molecule has 156 valence electrons. The van der Waals surface area contributed by atoms with Gasteiger partial charge in [-0.2, -0.15) is 0 Å². The zero-order chi connectivity index (χ0) is 21.5. The van der Waals surface area contributed by atoms with Gasteiger partial charge < -0.3 is 24.4 Å². The highest BCUT2D eigenvalue weighted by Crippen LogP contribution is 2.54. The summed E-state index contributed by atoms with van der Waals surface area (Å²) < 4.78 is 16.7. The highest BCUT2D eigenvalue weighted by atomic mass is 35.5. The minimum atomic E-state index is -0.661. The number of benzene rings is 2. The number of carbonyl (C=O) groups is 1. The van der Waals surface area contributed by atoms with E-state index in [4.69, 9.17) is 49.0 Å². The van der Waals surface area contributed by atoms with Crippen molar-refractivity contribution in [3.8, 4) is 28.7 Å². The van der Waals surface area contributed by atoms with Crippen LogP contribution in [0.5, 0.6) is 28.7 Å². The lowest BCUT2D eigenvalue weighted by Gasteiger charge is -2.19. The minimum Gasteiger partial charge on any atom is -0.506 e. The van der Waals surface area contributed by atoms with Crippen molar-refractivity contribution in [3.05, 3.63) is 37.8 Å². The molecule has 2 N–H and O–H groups in total. The number of halogens is 3.